The third-order valence-corrected chi connectivity index (χ3v) is 6.29. The van der Waals surface area contributed by atoms with Crippen molar-refractivity contribution in [1.82, 2.24) is 9.29 Å². The molecule has 0 unspecified atom stereocenters. The Labute approximate surface area is 145 Å². The van der Waals surface area contributed by atoms with E-state index in [9.17, 15) is 8.42 Å². The lowest BCUT2D eigenvalue weighted by molar-refractivity contribution is -0.00546. The van der Waals surface area contributed by atoms with Gasteiger partial charge in [-0.3, -0.25) is 0 Å². The van der Waals surface area contributed by atoms with E-state index < -0.39 is 10.0 Å². The van der Waals surface area contributed by atoms with Crippen molar-refractivity contribution >= 4 is 15.8 Å². The van der Waals surface area contributed by atoms with E-state index in [1.807, 2.05) is 41.5 Å². The normalized spacial score (nSPS) is 22.6. The SMILES string of the molecule is CC(C)N(C(C)C)S(=O)(=O)c1ccc(N2C[C@@H](C)O[C@@H](C)C2)nc1. The fraction of sp³-hybridized carbons (Fsp3) is 0.706. The topological polar surface area (TPSA) is 62.7 Å². The summed E-state index contributed by atoms with van der Waals surface area (Å²) in [5.74, 6) is 0.789. The van der Waals surface area contributed by atoms with Gasteiger partial charge in [0, 0.05) is 31.4 Å². The summed E-state index contributed by atoms with van der Waals surface area (Å²) in [5.41, 5.74) is 0. The zero-order valence-corrected chi connectivity index (χ0v) is 16.2. The monoisotopic (exact) mass is 355 g/mol. The van der Waals surface area contributed by atoms with Crippen molar-refractivity contribution in [2.75, 3.05) is 18.0 Å². The highest BCUT2D eigenvalue weighted by Crippen LogP contribution is 2.23. The first-order valence-corrected chi connectivity index (χ1v) is 9.97. The molecule has 1 fully saturated rings. The molecule has 1 aromatic heterocycles. The van der Waals surface area contributed by atoms with Crippen LogP contribution in [-0.4, -0.2) is 55.1 Å². The molecule has 2 rings (SSSR count). The Morgan fingerprint density at radius 2 is 1.67 bits per heavy atom. The first-order chi connectivity index (χ1) is 11.1. The first kappa shape index (κ1) is 19.1. The number of pyridine rings is 1. The van der Waals surface area contributed by atoms with Crippen molar-refractivity contribution in [2.24, 2.45) is 0 Å². The van der Waals surface area contributed by atoms with Gasteiger partial charge in [-0.05, 0) is 53.7 Å². The van der Waals surface area contributed by atoms with Gasteiger partial charge < -0.3 is 9.64 Å². The second-order valence-corrected chi connectivity index (χ2v) is 8.88. The number of sulfonamides is 1. The quantitative estimate of drug-likeness (QED) is 0.812. The predicted molar refractivity (Wildman–Crippen MR) is 95.8 cm³/mol. The van der Waals surface area contributed by atoms with E-state index in [1.54, 1.807) is 12.1 Å². The second-order valence-electron chi connectivity index (χ2n) is 7.04. The molecule has 0 bridgehead atoms. The summed E-state index contributed by atoms with van der Waals surface area (Å²) in [6.45, 7) is 13.1. The number of anilines is 1. The predicted octanol–water partition coefficient (Wildman–Crippen LogP) is 2.50. The smallest absolute Gasteiger partial charge is 0.245 e. The Kier molecular flexibility index (Phi) is 5.88. The number of rotatable bonds is 5. The molecule has 6 nitrogen and oxygen atoms in total. The van der Waals surface area contributed by atoms with Gasteiger partial charge in [0.05, 0.1) is 12.2 Å². The Morgan fingerprint density at radius 3 is 2.08 bits per heavy atom. The zero-order valence-electron chi connectivity index (χ0n) is 15.4. The maximum Gasteiger partial charge on any atom is 0.245 e. The van der Waals surface area contributed by atoms with Gasteiger partial charge in [0.25, 0.3) is 0 Å². The van der Waals surface area contributed by atoms with Crippen LogP contribution in [0.4, 0.5) is 5.82 Å². The molecule has 0 N–H and O–H groups in total. The average molecular weight is 356 g/mol. The van der Waals surface area contributed by atoms with E-state index in [4.69, 9.17) is 4.74 Å². The fourth-order valence-corrected chi connectivity index (χ4v) is 5.13. The summed E-state index contributed by atoms with van der Waals surface area (Å²) >= 11 is 0. The minimum atomic E-state index is -3.54. The van der Waals surface area contributed by atoms with Crippen LogP contribution in [0.1, 0.15) is 41.5 Å². The molecule has 0 spiro atoms. The summed E-state index contributed by atoms with van der Waals surface area (Å²) in [6, 6.07) is 3.24. The fourth-order valence-electron chi connectivity index (χ4n) is 3.35. The number of hydrogen-bond acceptors (Lipinski definition) is 5. The van der Waals surface area contributed by atoms with Crippen molar-refractivity contribution in [1.29, 1.82) is 0 Å². The third kappa shape index (κ3) is 4.07. The van der Waals surface area contributed by atoms with E-state index in [2.05, 4.69) is 9.88 Å². The molecule has 7 heteroatoms. The van der Waals surface area contributed by atoms with Crippen LogP contribution < -0.4 is 4.90 Å². The Balaban J connectivity index is 2.25. The minimum absolute atomic E-state index is 0.101. The molecule has 1 aliphatic heterocycles. The summed E-state index contributed by atoms with van der Waals surface area (Å²) in [7, 11) is -3.54. The van der Waals surface area contributed by atoms with Gasteiger partial charge in [-0.1, -0.05) is 0 Å². The molecule has 1 aromatic rings. The van der Waals surface area contributed by atoms with Gasteiger partial charge in [0.1, 0.15) is 10.7 Å². The highest BCUT2D eigenvalue weighted by molar-refractivity contribution is 7.89. The van der Waals surface area contributed by atoms with Crippen molar-refractivity contribution < 1.29 is 13.2 Å². The molecule has 0 aliphatic carbocycles. The van der Waals surface area contributed by atoms with Crippen molar-refractivity contribution in [2.45, 2.75) is 70.7 Å². The Bertz CT molecular complexity index is 626. The van der Waals surface area contributed by atoms with Gasteiger partial charge in [-0.25, -0.2) is 13.4 Å². The van der Waals surface area contributed by atoms with Crippen LogP contribution in [0.25, 0.3) is 0 Å². The summed E-state index contributed by atoms with van der Waals surface area (Å²) < 4.78 is 33.0. The van der Waals surface area contributed by atoms with Gasteiger partial charge in [-0.15, -0.1) is 0 Å². The van der Waals surface area contributed by atoms with Crippen LogP contribution in [0.5, 0.6) is 0 Å². The zero-order chi connectivity index (χ0) is 18.1. The third-order valence-electron chi connectivity index (χ3n) is 4.06. The molecule has 2 atom stereocenters. The lowest BCUT2D eigenvalue weighted by Crippen LogP contribution is -2.46. The molecule has 0 radical (unpaired) electrons. The van der Waals surface area contributed by atoms with Gasteiger partial charge >= 0.3 is 0 Å². The molecule has 1 saturated heterocycles. The highest BCUT2D eigenvalue weighted by Gasteiger charge is 2.30. The molecule has 0 aromatic carbocycles. The van der Waals surface area contributed by atoms with Crippen molar-refractivity contribution in [3.63, 3.8) is 0 Å². The van der Waals surface area contributed by atoms with Gasteiger partial charge in [-0.2, -0.15) is 4.31 Å². The van der Waals surface area contributed by atoms with Gasteiger partial charge in [0.15, 0.2) is 0 Å². The van der Waals surface area contributed by atoms with E-state index in [1.165, 1.54) is 10.5 Å². The first-order valence-electron chi connectivity index (χ1n) is 8.53. The maximum atomic E-state index is 12.9. The van der Waals surface area contributed by atoms with Crippen LogP contribution in [0.15, 0.2) is 23.2 Å². The molecule has 136 valence electrons. The minimum Gasteiger partial charge on any atom is -0.372 e. The van der Waals surface area contributed by atoms with E-state index >= 15 is 0 Å². The Hall–Kier alpha value is -1.18. The molecule has 1 aliphatic rings. The van der Waals surface area contributed by atoms with Crippen LogP contribution in [0, 0.1) is 0 Å². The molecule has 2 heterocycles. The molecular formula is C17H29N3O3S. The van der Waals surface area contributed by atoms with E-state index in [0.717, 1.165) is 18.9 Å². The second kappa shape index (κ2) is 7.37. The number of morpholine rings is 1. The van der Waals surface area contributed by atoms with Crippen LogP contribution in [0.3, 0.4) is 0 Å². The number of aromatic nitrogens is 1. The van der Waals surface area contributed by atoms with Crippen LogP contribution in [-0.2, 0) is 14.8 Å². The van der Waals surface area contributed by atoms with Gasteiger partial charge in [0.2, 0.25) is 10.0 Å². The average Bonchev–Trinajstić information content (AvgIpc) is 2.45. The Morgan fingerprint density at radius 1 is 1.12 bits per heavy atom. The lowest BCUT2D eigenvalue weighted by atomic mass is 10.2. The summed E-state index contributed by atoms with van der Waals surface area (Å²) in [5, 5.41) is 0. The summed E-state index contributed by atoms with van der Waals surface area (Å²) in [4.78, 5) is 6.78. The molecule has 0 saturated carbocycles. The summed E-state index contributed by atoms with van der Waals surface area (Å²) in [6.07, 6.45) is 1.74. The molecule has 24 heavy (non-hydrogen) atoms. The van der Waals surface area contributed by atoms with Crippen LogP contribution >= 0.6 is 0 Å². The number of hydrogen-bond donors (Lipinski definition) is 0. The number of ether oxygens (including phenoxy) is 1. The standard InChI is InChI=1S/C17H29N3O3S/c1-12(2)20(13(3)4)24(21,22)16-7-8-17(18-9-16)19-10-14(5)23-15(6)11-19/h7-9,12-15H,10-11H2,1-6H3/t14-,15+. The highest BCUT2D eigenvalue weighted by atomic mass is 32.2. The maximum absolute atomic E-state index is 12.9. The van der Waals surface area contributed by atoms with Crippen LogP contribution in [0.2, 0.25) is 0 Å². The number of nitrogens with zero attached hydrogens (tertiary/aromatic N) is 3. The van der Waals surface area contributed by atoms with Crippen molar-refractivity contribution in [3.05, 3.63) is 18.3 Å². The van der Waals surface area contributed by atoms with E-state index in [0.29, 0.717) is 0 Å². The largest absolute Gasteiger partial charge is 0.372 e. The molecule has 0 amide bonds. The lowest BCUT2D eigenvalue weighted by Gasteiger charge is -2.36. The van der Waals surface area contributed by atoms with Crippen molar-refractivity contribution in [3.8, 4) is 0 Å². The van der Waals surface area contributed by atoms with E-state index in [-0.39, 0.29) is 29.2 Å². The molecular weight excluding hydrogens is 326 g/mol.